The van der Waals surface area contributed by atoms with E-state index in [2.05, 4.69) is 26.6 Å². The van der Waals surface area contributed by atoms with Crippen molar-refractivity contribution in [3.05, 3.63) is 47.2 Å². The lowest BCUT2D eigenvalue weighted by Gasteiger charge is -2.38. The highest BCUT2D eigenvalue weighted by Gasteiger charge is 2.45. The molecule has 2 heterocycles. The van der Waals surface area contributed by atoms with E-state index in [0.29, 0.717) is 11.8 Å². The summed E-state index contributed by atoms with van der Waals surface area (Å²) in [5.41, 5.74) is 0.811. The fraction of sp³-hybridized carbons (Fsp3) is 0.545. The van der Waals surface area contributed by atoms with Crippen LogP contribution in [0.4, 0.5) is 0 Å². The Morgan fingerprint density at radius 2 is 1.89 bits per heavy atom. The summed E-state index contributed by atoms with van der Waals surface area (Å²) in [6.45, 7) is 1.75. The van der Waals surface area contributed by atoms with Crippen molar-refractivity contribution in [3.8, 4) is 0 Å². The van der Waals surface area contributed by atoms with E-state index in [1.165, 1.54) is 0 Å². The second kappa shape index (κ2) is 8.50. The number of halogens is 1. The van der Waals surface area contributed by atoms with E-state index in [1.807, 2.05) is 43.3 Å². The zero-order valence-corrected chi connectivity index (χ0v) is 18.0. The largest absolute Gasteiger partial charge is 0.342 e. The van der Waals surface area contributed by atoms with Crippen LogP contribution in [0.15, 0.2) is 41.8 Å². The van der Waals surface area contributed by atoms with Gasteiger partial charge in [-0.3, -0.25) is 4.79 Å². The van der Waals surface area contributed by atoms with Crippen molar-refractivity contribution < 1.29 is 4.79 Å². The van der Waals surface area contributed by atoms with Crippen molar-refractivity contribution in [1.29, 1.82) is 0 Å². The highest BCUT2D eigenvalue weighted by molar-refractivity contribution is 7.99. The minimum absolute atomic E-state index is 0.334. The molecule has 6 heteroatoms. The highest BCUT2D eigenvalue weighted by Crippen LogP contribution is 2.43. The number of aryl methyl sites for hydroxylation is 1. The zero-order chi connectivity index (χ0) is 19.6. The molecule has 1 aromatic carbocycles. The van der Waals surface area contributed by atoms with E-state index < -0.39 is 0 Å². The number of amides is 1. The molecule has 4 nitrogen and oxygen atoms in total. The summed E-state index contributed by atoms with van der Waals surface area (Å²) in [5.74, 6) is 2.07. The van der Waals surface area contributed by atoms with Gasteiger partial charge in [0.05, 0.1) is 5.41 Å². The third-order valence-electron chi connectivity index (χ3n) is 6.39. The number of benzene rings is 1. The smallest absolute Gasteiger partial charge is 0.233 e. The molecule has 2 aromatic rings. The average Bonchev–Trinajstić information content (AvgIpc) is 3.37. The molecule has 1 saturated carbocycles. The molecule has 2 aliphatic rings. The second-order valence-electron chi connectivity index (χ2n) is 8.16. The van der Waals surface area contributed by atoms with Crippen molar-refractivity contribution in [1.82, 2.24) is 14.5 Å². The maximum absolute atomic E-state index is 13.6. The summed E-state index contributed by atoms with van der Waals surface area (Å²) in [6, 6.07) is 7.96. The van der Waals surface area contributed by atoms with E-state index in [-0.39, 0.29) is 5.41 Å². The van der Waals surface area contributed by atoms with Crippen LogP contribution in [0.5, 0.6) is 0 Å². The van der Waals surface area contributed by atoms with Gasteiger partial charge in [-0.2, -0.15) is 0 Å². The van der Waals surface area contributed by atoms with Gasteiger partial charge in [0.25, 0.3) is 0 Å². The summed E-state index contributed by atoms with van der Waals surface area (Å²) in [6.07, 6.45) is 10.2. The lowest BCUT2D eigenvalue weighted by Crippen LogP contribution is -2.48. The van der Waals surface area contributed by atoms with Crippen LogP contribution in [0.1, 0.15) is 44.1 Å². The van der Waals surface area contributed by atoms with Gasteiger partial charge in [-0.1, -0.05) is 48.3 Å². The quantitative estimate of drug-likeness (QED) is 0.648. The topological polar surface area (TPSA) is 38.1 Å². The SMILES string of the molecule is Cn1ccnc1SCC1CCN(C(=O)C2(c3ccc(Cl)cc3)CCCC2)CC1. The first kappa shape index (κ1) is 19.8. The van der Waals surface area contributed by atoms with Crippen LogP contribution in [-0.2, 0) is 17.3 Å². The van der Waals surface area contributed by atoms with Crippen LogP contribution in [0.2, 0.25) is 5.02 Å². The molecular formula is C22H28ClN3OS. The number of imidazole rings is 1. The molecule has 0 unspecified atom stereocenters. The van der Waals surface area contributed by atoms with Crippen molar-refractivity contribution in [2.45, 2.75) is 49.1 Å². The van der Waals surface area contributed by atoms with Crippen LogP contribution in [0.25, 0.3) is 0 Å². The van der Waals surface area contributed by atoms with Gasteiger partial charge in [-0.25, -0.2) is 4.98 Å². The van der Waals surface area contributed by atoms with Gasteiger partial charge in [0.1, 0.15) is 0 Å². The molecule has 0 atom stereocenters. The normalized spacial score (nSPS) is 19.9. The first-order valence-corrected chi connectivity index (χ1v) is 11.6. The van der Waals surface area contributed by atoms with Crippen LogP contribution >= 0.6 is 23.4 Å². The Bertz CT molecular complexity index is 805. The standard InChI is InChI=1S/C22H28ClN3OS/c1-25-15-12-24-21(25)28-16-17-8-13-26(14-9-17)20(27)22(10-2-3-11-22)18-4-6-19(23)7-5-18/h4-7,12,15,17H,2-3,8-11,13-14,16H2,1H3. The predicted molar refractivity (Wildman–Crippen MR) is 115 cm³/mol. The average molecular weight is 418 g/mol. The molecule has 1 amide bonds. The molecular weight excluding hydrogens is 390 g/mol. The molecule has 0 N–H and O–H groups in total. The number of thioether (sulfide) groups is 1. The number of piperidine rings is 1. The monoisotopic (exact) mass is 417 g/mol. The Balaban J connectivity index is 1.38. The van der Waals surface area contributed by atoms with E-state index >= 15 is 0 Å². The van der Waals surface area contributed by atoms with Crippen molar-refractivity contribution in [2.75, 3.05) is 18.8 Å². The van der Waals surface area contributed by atoms with Crippen LogP contribution in [0, 0.1) is 5.92 Å². The Hall–Kier alpha value is -1.46. The number of hydrogen-bond donors (Lipinski definition) is 0. The number of hydrogen-bond acceptors (Lipinski definition) is 3. The second-order valence-corrected chi connectivity index (χ2v) is 9.59. The number of carbonyl (C=O) groups is 1. The zero-order valence-electron chi connectivity index (χ0n) is 16.4. The number of nitrogens with zero attached hydrogens (tertiary/aromatic N) is 3. The fourth-order valence-electron chi connectivity index (χ4n) is 4.66. The highest BCUT2D eigenvalue weighted by atomic mass is 35.5. The summed E-state index contributed by atoms with van der Waals surface area (Å²) < 4.78 is 2.07. The van der Waals surface area contributed by atoms with Gasteiger partial charge in [-0.15, -0.1) is 0 Å². The van der Waals surface area contributed by atoms with Gasteiger partial charge in [0.15, 0.2) is 5.16 Å². The first-order valence-electron chi connectivity index (χ1n) is 10.2. The van der Waals surface area contributed by atoms with Crippen molar-refractivity contribution >= 4 is 29.3 Å². The molecule has 0 radical (unpaired) electrons. The molecule has 2 fully saturated rings. The lowest BCUT2D eigenvalue weighted by atomic mass is 9.77. The van der Waals surface area contributed by atoms with E-state index in [4.69, 9.17) is 11.6 Å². The Kier molecular flexibility index (Phi) is 6.02. The number of carbonyl (C=O) groups excluding carboxylic acids is 1. The molecule has 0 spiro atoms. The molecule has 28 heavy (non-hydrogen) atoms. The van der Waals surface area contributed by atoms with Gasteiger partial charge >= 0.3 is 0 Å². The summed E-state index contributed by atoms with van der Waals surface area (Å²) in [5, 5.41) is 1.81. The minimum Gasteiger partial charge on any atom is -0.342 e. The van der Waals surface area contributed by atoms with Gasteiger partial charge in [0, 0.05) is 43.3 Å². The molecule has 1 saturated heterocycles. The Labute approximate surface area is 176 Å². The molecule has 0 bridgehead atoms. The van der Waals surface area contributed by atoms with E-state index in [0.717, 1.165) is 73.1 Å². The van der Waals surface area contributed by atoms with Gasteiger partial charge < -0.3 is 9.47 Å². The molecule has 1 aliphatic carbocycles. The summed E-state index contributed by atoms with van der Waals surface area (Å²) >= 11 is 7.91. The van der Waals surface area contributed by atoms with E-state index in [1.54, 1.807) is 0 Å². The van der Waals surface area contributed by atoms with Gasteiger partial charge in [-0.05, 0) is 49.3 Å². The number of aromatic nitrogens is 2. The Morgan fingerprint density at radius 3 is 2.50 bits per heavy atom. The fourth-order valence-corrected chi connectivity index (χ4v) is 5.91. The van der Waals surface area contributed by atoms with Crippen molar-refractivity contribution in [3.63, 3.8) is 0 Å². The van der Waals surface area contributed by atoms with Crippen LogP contribution in [0.3, 0.4) is 0 Å². The molecule has 1 aliphatic heterocycles. The number of rotatable bonds is 5. The van der Waals surface area contributed by atoms with Crippen LogP contribution < -0.4 is 0 Å². The Morgan fingerprint density at radius 1 is 1.21 bits per heavy atom. The lowest BCUT2D eigenvalue weighted by molar-refractivity contribution is -0.138. The molecule has 4 rings (SSSR count). The first-order chi connectivity index (χ1) is 13.6. The third kappa shape index (κ3) is 3.97. The third-order valence-corrected chi connectivity index (χ3v) is 7.93. The predicted octanol–water partition coefficient (Wildman–Crippen LogP) is 4.92. The number of likely N-dealkylation sites (tertiary alicyclic amines) is 1. The molecule has 150 valence electrons. The van der Waals surface area contributed by atoms with E-state index in [9.17, 15) is 4.79 Å². The summed E-state index contributed by atoms with van der Waals surface area (Å²) in [7, 11) is 2.04. The van der Waals surface area contributed by atoms with Gasteiger partial charge in [0.2, 0.25) is 5.91 Å². The van der Waals surface area contributed by atoms with Crippen LogP contribution in [-0.4, -0.2) is 39.2 Å². The summed E-state index contributed by atoms with van der Waals surface area (Å²) in [4.78, 5) is 20.1. The minimum atomic E-state index is -0.334. The maximum Gasteiger partial charge on any atom is 0.233 e. The molecule has 1 aromatic heterocycles. The maximum atomic E-state index is 13.6. The van der Waals surface area contributed by atoms with Crippen molar-refractivity contribution in [2.24, 2.45) is 13.0 Å².